The number of hydrogen-bond donors (Lipinski definition) is 0. The zero-order valence-corrected chi connectivity index (χ0v) is 12.2. The second-order valence-electron chi connectivity index (χ2n) is 5.69. The third-order valence-corrected chi connectivity index (χ3v) is 4.43. The van der Waals surface area contributed by atoms with Crippen LogP contribution in [0.25, 0.3) is 11.1 Å². The summed E-state index contributed by atoms with van der Waals surface area (Å²) in [6, 6.07) is 17.0. The van der Waals surface area contributed by atoms with Crippen LogP contribution in [0.2, 0.25) is 0 Å². The quantitative estimate of drug-likeness (QED) is 0.636. The average molecular weight is 295 g/mol. The van der Waals surface area contributed by atoms with Crippen molar-refractivity contribution in [1.29, 1.82) is 0 Å². The molecule has 4 heteroatoms. The number of carbonyl (C=O) groups excluding carboxylic acids is 1. The van der Waals surface area contributed by atoms with E-state index in [1.165, 1.54) is 0 Å². The highest BCUT2D eigenvalue weighted by Gasteiger charge is 2.52. The molecule has 0 heterocycles. The summed E-state index contributed by atoms with van der Waals surface area (Å²) in [5, 5.41) is 11.6. The lowest BCUT2D eigenvalue weighted by Crippen LogP contribution is -2.45. The maximum Gasteiger partial charge on any atom is 0.304 e. The van der Waals surface area contributed by atoms with E-state index in [4.69, 9.17) is 0 Å². The first kappa shape index (κ1) is 14.4. The van der Waals surface area contributed by atoms with Crippen molar-refractivity contribution < 1.29 is 9.72 Å². The van der Waals surface area contributed by atoms with Crippen molar-refractivity contribution >= 4 is 5.78 Å². The molecule has 0 N–H and O–H groups in total. The maximum absolute atomic E-state index is 12.3. The Kier molecular flexibility index (Phi) is 3.75. The van der Waals surface area contributed by atoms with Gasteiger partial charge in [-0.3, -0.25) is 14.9 Å². The third-order valence-electron chi connectivity index (χ3n) is 4.43. The fourth-order valence-corrected chi connectivity index (χ4v) is 3.19. The minimum atomic E-state index is -1.55. The molecule has 0 aliphatic heterocycles. The fraction of sp³-hybridized carbons (Fsp3) is 0.278. The van der Waals surface area contributed by atoms with Gasteiger partial charge in [0.05, 0.1) is 0 Å². The van der Waals surface area contributed by atoms with Crippen LogP contribution in [0, 0.1) is 10.1 Å². The van der Waals surface area contributed by atoms with E-state index in [2.05, 4.69) is 0 Å². The molecule has 22 heavy (non-hydrogen) atoms. The van der Waals surface area contributed by atoms with Gasteiger partial charge >= 0.3 is 5.54 Å². The Balaban J connectivity index is 2.00. The first-order valence-electron chi connectivity index (χ1n) is 7.48. The lowest BCUT2D eigenvalue weighted by molar-refractivity contribution is -0.563. The number of carbonyl (C=O) groups is 1. The number of benzene rings is 2. The number of rotatable bonds is 3. The van der Waals surface area contributed by atoms with Gasteiger partial charge in [0.1, 0.15) is 0 Å². The first-order valence-corrected chi connectivity index (χ1v) is 7.48. The smallest absolute Gasteiger partial charge is 0.291 e. The summed E-state index contributed by atoms with van der Waals surface area (Å²) in [6.45, 7) is 0. The van der Waals surface area contributed by atoms with Gasteiger partial charge in [-0.25, -0.2) is 0 Å². The number of hydrogen-bond acceptors (Lipinski definition) is 3. The van der Waals surface area contributed by atoms with Gasteiger partial charge in [0.15, 0.2) is 0 Å². The largest absolute Gasteiger partial charge is 0.304 e. The molecule has 0 saturated heterocycles. The summed E-state index contributed by atoms with van der Waals surface area (Å²) in [7, 11) is 0. The predicted molar refractivity (Wildman–Crippen MR) is 84.0 cm³/mol. The van der Waals surface area contributed by atoms with E-state index in [-0.39, 0.29) is 5.78 Å². The highest BCUT2D eigenvalue weighted by atomic mass is 16.6. The van der Waals surface area contributed by atoms with Gasteiger partial charge in [-0.05, 0) is 24.0 Å². The van der Waals surface area contributed by atoms with Gasteiger partial charge in [-0.2, -0.15) is 0 Å². The molecular weight excluding hydrogens is 278 g/mol. The molecule has 0 aromatic heterocycles. The van der Waals surface area contributed by atoms with E-state index in [0.29, 0.717) is 24.8 Å². The molecule has 4 nitrogen and oxygen atoms in total. The minimum Gasteiger partial charge on any atom is -0.291 e. The van der Waals surface area contributed by atoms with Crippen molar-refractivity contribution in [3.8, 4) is 11.1 Å². The third kappa shape index (κ3) is 2.30. The van der Waals surface area contributed by atoms with E-state index < -0.39 is 10.5 Å². The molecule has 3 rings (SSSR count). The van der Waals surface area contributed by atoms with Crippen LogP contribution in [-0.4, -0.2) is 10.7 Å². The lowest BCUT2D eigenvalue weighted by atomic mass is 9.76. The number of Topliss-reactive ketones (excluding diaryl/α,β-unsaturated/α-hetero) is 1. The molecule has 1 fully saturated rings. The van der Waals surface area contributed by atoms with Crippen molar-refractivity contribution in [3.05, 3.63) is 70.3 Å². The average Bonchev–Trinajstić information content (AvgIpc) is 2.56. The Morgan fingerprint density at radius 2 is 1.55 bits per heavy atom. The van der Waals surface area contributed by atoms with Crippen molar-refractivity contribution in [1.82, 2.24) is 0 Å². The van der Waals surface area contributed by atoms with E-state index in [1.807, 2.05) is 42.5 Å². The number of nitrogens with zero attached hydrogens (tertiary/aromatic N) is 1. The second kappa shape index (κ2) is 5.72. The molecular formula is C18H17NO3. The van der Waals surface area contributed by atoms with E-state index in [0.717, 1.165) is 17.5 Å². The first-order chi connectivity index (χ1) is 10.6. The Labute approximate surface area is 128 Å². The summed E-state index contributed by atoms with van der Waals surface area (Å²) in [6.07, 6.45) is 2.05. The summed E-state index contributed by atoms with van der Waals surface area (Å²) in [5.74, 6) is -0.267. The monoisotopic (exact) mass is 295 g/mol. The van der Waals surface area contributed by atoms with Crippen LogP contribution in [0.1, 0.15) is 31.2 Å². The van der Waals surface area contributed by atoms with Crippen molar-refractivity contribution in [3.63, 3.8) is 0 Å². The standard InChI is InChI=1S/C18H17NO3/c20-17-8-4-5-13-18(17,19(21)22)16-11-9-15(10-12-16)14-6-2-1-3-7-14/h1-3,6-7,9-12H,4-5,8,13H2. The number of ketones is 1. The molecule has 1 atom stereocenters. The molecule has 0 bridgehead atoms. The lowest BCUT2D eigenvalue weighted by Gasteiger charge is -2.28. The molecule has 2 aromatic carbocycles. The normalized spacial score (nSPS) is 21.5. The van der Waals surface area contributed by atoms with Gasteiger partial charge in [0, 0.05) is 23.3 Å². The van der Waals surface area contributed by atoms with Crippen LogP contribution in [0.3, 0.4) is 0 Å². The Morgan fingerprint density at radius 1 is 0.909 bits per heavy atom. The van der Waals surface area contributed by atoms with Crippen molar-refractivity contribution in [2.24, 2.45) is 0 Å². The topological polar surface area (TPSA) is 60.2 Å². The van der Waals surface area contributed by atoms with Crippen LogP contribution in [0.5, 0.6) is 0 Å². The Bertz CT molecular complexity index is 694. The molecule has 0 spiro atoms. The highest BCUT2D eigenvalue weighted by molar-refractivity contribution is 5.89. The fourth-order valence-electron chi connectivity index (χ4n) is 3.19. The molecule has 1 aliphatic rings. The molecule has 112 valence electrons. The van der Waals surface area contributed by atoms with Crippen molar-refractivity contribution in [2.45, 2.75) is 31.2 Å². The van der Waals surface area contributed by atoms with Crippen LogP contribution in [-0.2, 0) is 10.3 Å². The van der Waals surface area contributed by atoms with Gasteiger partial charge in [0.2, 0.25) is 5.78 Å². The molecule has 0 radical (unpaired) electrons. The van der Waals surface area contributed by atoms with Crippen molar-refractivity contribution in [2.75, 3.05) is 0 Å². The second-order valence-corrected chi connectivity index (χ2v) is 5.69. The Hall–Kier alpha value is -2.49. The van der Waals surface area contributed by atoms with E-state index >= 15 is 0 Å². The molecule has 1 unspecified atom stereocenters. The van der Waals surface area contributed by atoms with E-state index in [1.54, 1.807) is 12.1 Å². The summed E-state index contributed by atoms with van der Waals surface area (Å²) in [5.41, 5.74) is 1.00. The van der Waals surface area contributed by atoms with Crippen LogP contribution in [0.15, 0.2) is 54.6 Å². The zero-order valence-electron chi connectivity index (χ0n) is 12.2. The molecule has 0 amide bonds. The summed E-state index contributed by atoms with van der Waals surface area (Å²) < 4.78 is 0. The van der Waals surface area contributed by atoms with Gasteiger partial charge < -0.3 is 0 Å². The molecule has 2 aromatic rings. The van der Waals surface area contributed by atoms with E-state index in [9.17, 15) is 14.9 Å². The van der Waals surface area contributed by atoms with Gasteiger partial charge in [-0.15, -0.1) is 0 Å². The Morgan fingerprint density at radius 3 is 2.14 bits per heavy atom. The van der Waals surface area contributed by atoms with Gasteiger partial charge in [-0.1, -0.05) is 54.6 Å². The maximum atomic E-state index is 12.3. The van der Waals surface area contributed by atoms with Crippen LogP contribution in [0.4, 0.5) is 0 Å². The van der Waals surface area contributed by atoms with Crippen LogP contribution < -0.4 is 0 Å². The SMILES string of the molecule is O=C1CCCCC1(c1ccc(-c2ccccc2)cc1)[N+](=O)[O-]. The number of nitro groups is 1. The van der Waals surface area contributed by atoms with Crippen LogP contribution >= 0.6 is 0 Å². The predicted octanol–water partition coefficient (Wildman–Crippen LogP) is 3.97. The summed E-state index contributed by atoms with van der Waals surface area (Å²) >= 11 is 0. The molecule has 1 aliphatic carbocycles. The summed E-state index contributed by atoms with van der Waals surface area (Å²) in [4.78, 5) is 23.5. The van der Waals surface area contributed by atoms with Gasteiger partial charge in [0.25, 0.3) is 0 Å². The zero-order chi connectivity index (χ0) is 15.6. The molecule has 1 saturated carbocycles. The highest BCUT2D eigenvalue weighted by Crippen LogP contribution is 2.38. The minimum absolute atomic E-state index is 0.267.